The quantitative estimate of drug-likeness (QED) is 0.930. The predicted octanol–water partition coefficient (Wildman–Crippen LogP) is 3.62. The van der Waals surface area contributed by atoms with Gasteiger partial charge in [-0.2, -0.15) is 0 Å². The molecule has 0 bridgehead atoms. The Balaban J connectivity index is 1.84. The smallest absolute Gasteiger partial charge is 0.219 e. The average Bonchev–Trinajstić information content (AvgIpc) is 2.76. The number of aromatic nitrogens is 2. The first kappa shape index (κ1) is 13.3. The zero-order valence-electron chi connectivity index (χ0n) is 12.2. The van der Waals surface area contributed by atoms with Crippen LogP contribution in [0.2, 0.25) is 0 Å². The Morgan fingerprint density at radius 1 is 1.25 bits per heavy atom. The average molecular weight is 274 g/mol. The molecule has 2 aromatic rings. The van der Waals surface area contributed by atoms with Gasteiger partial charge in [-0.05, 0) is 44.7 Å². The maximum Gasteiger partial charge on any atom is 0.219 e. The summed E-state index contributed by atoms with van der Waals surface area (Å²) in [6, 6.07) is 3.92. The van der Waals surface area contributed by atoms with E-state index in [-0.39, 0.29) is 5.88 Å². The molecule has 0 aromatic carbocycles. The summed E-state index contributed by atoms with van der Waals surface area (Å²) in [5, 5.41) is 10.1. The molecule has 20 heavy (non-hydrogen) atoms. The fourth-order valence-electron chi connectivity index (χ4n) is 3.04. The van der Waals surface area contributed by atoms with Crippen molar-refractivity contribution in [3.05, 3.63) is 23.5 Å². The fourth-order valence-corrected chi connectivity index (χ4v) is 3.04. The number of rotatable bonds is 3. The van der Waals surface area contributed by atoms with Gasteiger partial charge in [0.25, 0.3) is 0 Å². The molecule has 1 N–H and O–H groups in total. The highest BCUT2D eigenvalue weighted by atomic mass is 16.5. The zero-order chi connectivity index (χ0) is 14.1. The third-order valence-corrected chi connectivity index (χ3v) is 4.27. The van der Waals surface area contributed by atoms with Crippen molar-refractivity contribution < 1.29 is 9.84 Å². The summed E-state index contributed by atoms with van der Waals surface area (Å²) in [5.74, 6) is 1.64. The van der Waals surface area contributed by atoms with Gasteiger partial charge in [-0.15, -0.1) is 0 Å². The van der Waals surface area contributed by atoms with Crippen molar-refractivity contribution in [2.45, 2.75) is 46.0 Å². The largest absolute Gasteiger partial charge is 0.493 e. The van der Waals surface area contributed by atoms with Gasteiger partial charge in [0.15, 0.2) is 11.4 Å². The van der Waals surface area contributed by atoms with Gasteiger partial charge in [0, 0.05) is 5.69 Å². The lowest BCUT2D eigenvalue weighted by atomic mass is 9.90. The Morgan fingerprint density at radius 2 is 2.00 bits per heavy atom. The van der Waals surface area contributed by atoms with E-state index in [2.05, 4.69) is 4.98 Å². The van der Waals surface area contributed by atoms with Gasteiger partial charge in [0.1, 0.15) is 5.69 Å². The van der Waals surface area contributed by atoms with Crippen molar-refractivity contribution in [1.29, 1.82) is 0 Å². The number of pyridine rings is 1. The molecule has 4 nitrogen and oxygen atoms in total. The Labute approximate surface area is 119 Å². The SMILES string of the molecule is Cc1nc2c(OCC3CCCCC3)ccc(C)n2c1O. The molecule has 0 spiro atoms. The number of aryl methyl sites for hydroxylation is 2. The molecule has 2 heterocycles. The number of nitrogens with zero attached hydrogens (tertiary/aromatic N) is 2. The van der Waals surface area contributed by atoms with Crippen molar-refractivity contribution >= 4 is 5.65 Å². The van der Waals surface area contributed by atoms with Crippen LogP contribution in [0.5, 0.6) is 11.6 Å². The first-order chi connectivity index (χ1) is 9.66. The summed E-state index contributed by atoms with van der Waals surface area (Å²) in [7, 11) is 0. The maximum atomic E-state index is 10.1. The van der Waals surface area contributed by atoms with E-state index in [0.29, 0.717) is 11.6 Å². The maximum absolute atomic E-state index is 10.1. The van der Waals surface area contributed by atoms with Gasteiger partial charge < -0.3 is 9.84 Å². The van der Waals surface area contributed by atoms with Crippen LogP contribution in [-0.4, -0.2) is 21.1 Å². The molecule has 4 heteroatoms. The number of imidazole rings is 1. The van der Waals surface area contributed by atoms with E-state index in [1.165, 1.54) is 32.1 Å². The molecule has 0 aliphatic heterocycles. The number of ether oxygens (including phenoxy) is 1. The molecule has 0 unspecified atom stereocenters. The van der Waals surface area contributed by atoms with Crippen molar-refractivity contribution in [2.24, 2.45) is 5.92 Å². The molecule has 2 aromatic heterocycles. The van der Waals surface area contributed by atoms with E-state index in [1.54, 1.807) is 4.40 Å². The number of aromatic hydroxyl groups is 1. The van der Waals surface area contributed by atoms with E-state index in [0.717, 1.165) is 23.7 Å². The molecule has 108 valence electrons. The highest BCUT2D eigenvalue weighted by Gasteiger charge is 2.17. The van der Waals surface area contributed by atoms with Crippen molar-refractivity contribution in [3.63, 3.8) is 0 Å². The Morgan fingerprint density at radius 3 is 2.75 bits per heavy atom. The molecular weight excluding hydrogens is 252 g/mol. The topological polar surface area (TPSA) is 46.8 Å². The van der Waals surface area contributed by atoms with Crippen LogP contribution in [0.15, 0.2) is 12.1 Å². The van der Waals surface area contributed by atoms with Crippen LogP contribution in [0, 0.1) is 19.8 Å². The fraction of sp³-hybridized carbons (Fsp3) is 0.562. The van der Waals surface area contributed by atoms with Crippen LogP contribution in [0.3, 0.4) is 0 Å². The van der Waals surface area contributed by atoms with Gasteiger partial charge in [0.2, 0.25) is 5.88 Å². The predicted molar refractivity (Wildman–Crippen MR) is 78.4 cm³/mol. The minimum absolute atomic E-state index is 0.209. The van der Waals surface area contributed by atoms with Gasteiger partial charge in [-0.3, -0.25) is 4.40 Å². The number of hydrogen-bond acceptors (Lipinski definition) is 3. The van der Waals surface area contributed by atoms with Crippen LogP contribution in [0.1, 0.15) is 43.5 Å². The van der Waals surface area contributed by atoms with Gasteiger partial charge in [0.05, 0.1) is 6.61 Å². The summed E-state index contributed by atoms with van der Waals surface area (Å²) in [5.41, 5.74) is 2.32. The molecule has 3 rings (SSSR count). The first-order valence-electron chi connectivity index (χ1n) is 7.47. The first-order valence-corrected chi connectivity index (χ1v) is 7.47. The van der Waals surface area contributed by atoms with E-state index in [4.69, 9.17) is 4.74 Å². The summed E-state index contributed by atoms with van der Waals surface area (Å²) < 4.78 is 7.74. The van der Waals surface area contributed by atoms with Gasteiger partial charge in [-0.1, -0.05) is 19.3 Å². The minimum Gasteiger partial charge on any atom is -0.493 e. The van der Waals surface area contributed by atoms with Gasteiger partial charge in [-0.25, -0.2) is 4.98 Å². The normalized spacial score (nSPS) is 16.7. The molecule has 0 radical (unpaired) electrons. The van der Waals surface area contributed by atoms with Crippen molar-refractivity contribution in [3.8, 4) is 11.6 Å². The minimum atomic E-state index is 0.209. The van der Waals surface area contributed by atoms with Crippen molar-refractivity contribution in [2.75, 3.05) is 6.61 Å². The second kappa shape index (κ2) is 5.35. The van der Waals surface area contributed by atoms with E-state index < -0.39 is 0 Å². The lowest BCUT2D eigenvalue weighted by Crippen LogP contribution is -2.15. The summed E-state index contributed by atoms with van der Waals surface area (Å²) >= 11 is 0. The van der Waals surface area contributed by atoms with Gasteiger partial charge >= 0.3 is 0 Å². The van der Waals surface area contributed by atoms with E-state index in [9.17, 15) is 5.11 Å². The molecule has 1 fully saturated rings. The van der Waals surface area contributed by atoms with E-state index >= 15 is 0 Å². The van der Waals surface area contributed by atoms with Crippen LogP contribution >= 0.6 is 0 Å². The highest BCUT2D eigenvalue weighted by molar-refractivity contribution is 5.58. The lowest BCUT2D eigenvalue weighted by molar-refractivity contribution is 0.210. The second-order valence-corrected chi connectivity index (χ2v) is 5.83. The van der Waals surface area contributed by atoms with E-state index in [1.807, 2.05) is 26.0 Å². The standard InChI is InChI=1S/C16H22N2O2/c1-11-8-9-14(15-17-12(2)16(19)18(11)15)20-10-13-6-4-3-5-7-13/h8-9,13,19H,3-7,10H2,1-2H3. The molecule has 1 aliphatic carbocycles. The Hall–Kier alpha value is -1.71. The molecule has 0 saturated heterocycles. The van der Waals surface area contributed by atoms with Crippen LogP contribution in [0.25, 0.3) is 5.65 Å². The highest BCUT2D eigenvalue weighted by Crippen LogP contribution is 2.29. The monoisotopic (exact) mass is 274 g/mol. The molecule has 1 saturated carbocycles. The number of hydrogen-bond donors (Lipinski definition) is 1. The van der Waals surface area contributed by atoms with Crippen LogP contribution < -0.4 is 4.74 Å². The summed E-state index contributed by atoms with van der Waals surface area (Å²) in [6.45, 7) is 4.52. The van der Waals surface area contributed by atoms with Crippen molar-refractivity contribution in [1.82, 2.24) is 9.38 Å². The zero-order valence-corrected chi connectivity index (χ0v) is 12.2. The Kier molecular flexibility index (Phi) is 3.55. The van der Waals surface area contributed by atoms with Crippen LogP contribution in [-0.2, 0) is 0 Å². The summed E-state index contributed by atoms with van der Waals surface area (Å²) in [6.07, 6.45) is 6.53. The molecular formula is C16H22N2O2. The van der Waals surface area contributed by atoms with Crippen LogP contribution in [0.4, 0.5) is 0 Å². The molecule has 0 amide bonds. The molecule has 1 aliphatic rings. The Bertz CT molecular complexity index is 612. The third-order valence-electron chi connectivity index (χ3n) is 4.27. The second-order valence-electron chi connectivity index (χ2n) is 5.83. The molecule has 0 atom stereocenters. The number of fused-ring (bicyclic) bond motifs is 1. The third kappa shape index (κ3) is 2.35. The summed E-state index contributed by atoms with van der Waals surface area (Å²) in [4.78, 5) is 4.43. The lowest BCUT2D eigenvalue weighted by Gasteiger charge is -2.21.